The van der Waals surface area contributed by atoms with Gasteiger partial charge < -0.3 is 19.5 Å². The van der Waals surface area contributed by atoms with Gasteiger partial charge in [0.05, 0.1) is 12.7 Å². The maximum absolute atomic E-state index is 12.2. The Labute approximate surface area is 165 Å². The Balaban J connectivity index is 1.94. The highest BCUT2D eigenvalue weighted by Crippen LogP contribution is 2.29. The van der Waals surface area contributed by atoms with Gasteiger partial charge in [-0.3, -0.25) is 4.79 Å². The molecule has 2 aromatic carbocycles. The number of hydrogen-bond donors (Lipinski definition) is 1. The van der Waals surface area contributed by atoms with Crippen molar-refractivity contribution < 1.29 is 23.8 Å². The minimum absolute atomic E-state index is 0.0901. The van der Waals surface area contributed by atoms with Crippen molar-refractivity contribution in [1.82, 2.24) is 5.32 Å². The number of amides is 1. The van der Waals surface area contributed by atoms with Crippen LogP contribution in [0, 0.1) is 0 Å². The molecule has 0 fully saturated rings. The minimum atomic E-state index is -0.590. The Morgan fingerprint density at radius 3 is 2.36 bits per heavy atom. The fraction of sp³-hybridized carbons (Fsp3) is 0.364. The predicted octanol–water partition coefficient (Wildman–Crippen LogP) is 3.74. The summed E-state index contributed by atoms with van der Waals surface area (Å²) in [5.74, 6) is 0.0469. The Morgan fingerprint density at radius 1 is 1.00 bits per heavy atom. The molecular formula is C22H27NO5. The molecule has 0 aliphatic heterocycles. The smallest absolute Gasteiger partial charge is 0.338 e. The van der Waals surface area contributed by atoms with Crippen LogP contribution in [0.2, 0.25) is 0 Å². The Morgan fingerprint density at radius 2 is 1.71 bits per heavy atom. The van der Waals surface area contributed by atoms with Crippen molar-refractivity contribution in [3.63, 3.8) is 0 Å². The summed E-state index contributed by atoms with van der Waals surface area (Å²) in [6.45, 7) is 4.06. The lowest BCUT2D eigenvalue weighted by molar-refractivity contribution is -0.125. The van der Waals surface area contributed by atoms with Crippen LogP contribution >= 0.6 is 0 Å². The molecule has 150 valence electrons. The van der Waals surface area contributed by atoms with Gasteiger partial charge in [-0.1, -0.05) is 44.2 Å². The first-order chi connectivity index (χ1) is 13.6. The normalized spacial score (nSPS) is 10.4. The molecule has 0 heterocycles. The Kier molecular flexibility index (Phi) is 8.34. The highest BCUT2D eigenvalue weighted by atomic mass is 16.5. The second-order valence-electron chi connectivity index (χ2n) is 6.30. The van der Waals surface area contributed by atoms with Crippen LogP contribution in [-0.2, 0) is 16.1 Å². The number of ether oxygens (including phenoxy) is 3. The lowest BCUT2D eigenvalue weighted by Gasteiger charge is -2.15. The van der Waals surface area contributed by atoms with Gasteiger partial charge >= 0.3 is 5.97 Å². The Bertz CT molecular complexity index is 772. The number of rotatable bonds is 10. The summed E-state index contributed by atoms with van der Waals surface area (Å²) >= 11 is 0. The van der Waals surface area contributed by atoms with Gasteiger partial charge in [-0.15, -0.1) is 0 Å². The van der Waals surface area contributed by atoms with Crippen molar-refractivity contribution >= 4 is 11.9 Å². The van der Waals surface area contributed by atoms with Crippen molar-refractivity contribution in [1.29, 1.82) is 0 Å². The van der Waals surface area contributed by atoms with E-state index in [-0.39, 0.29) is 18.6 Å². The van der Waals surface area contributed by atoms with E-state index in [1.54, 1.807) is 18.2 Å². The first kappa shape index (κ1) is 21.3. The van der Waals surface area contributed by atoms with Crippen LogP contribution < -0.4 is 14.8 Å². The van der Waals surface area contributed by atoms with Gasteiger partial charge in [-0.05, 0) is 36.6 Å². The molecule has 0 saturated carbocycles. The van der Waals surface area contributed by atoms with Crippen LogP contribution in [0.4, 0.5) is 0 Å². The monoisotopic (exact) mass is 385 g/mol. The molecule has 1 amide bonds. The Hall–Kier alpha value is -3.02. The summed E-state index contributed by atoms with van der Waals surface area (Å²) in [4.78, 5) is 24.1. The van der Waals surface area contributed by atoms with Crippen molar-refractivity contribution in [3.05, 3.63) is 59.7 Å². The molecule has 0 aliphatic rings. The first-order valence-corrected chi connectivity index (χ1v) is 9.38. The zero-order valence-corrected chi connectivity index (χ0v) is 16.6. The maximum Gasteiger partial charge on any atom is 0.338 e. The standard InChI is InChI=1S/C22H27NO5/c1-4-18(5-2)23-21(24)15-28-22(25)17-11-12-19(20(13-17)26-3)27-14-16-9-7-6-8-10-16/h6-13,18H,4-5,14-15H2,1-3H3,(H,23,24). The molecule has 0 atom stereocenters. The topological polar surface area (TPSA) is 73.9 Å². The zero-order valence-electron chi connectivity index (χ0n) is 16.6. The number of esters is 1. The van der Waals surface area contributed by atoms with E-state index in [1.807, 2.05) is 44.2 Å². The number of hydrogen-bond acceptors (Lipinski definition) is 5. The lowest BCUT2D eigenvalue weighted by Crippen LogP contribution is -2.36. The summed E-state index contributed by atoms with van der Waals surface area (Å²) < 4.78 is 16.2. The molecule has 28 heavy (non-hydrogen) atoms. The second-order valence-corrected chi connectivity index (χ2v) is 6.30. The number of carbonyl (C=O) groups is 2. The summed E-state index contributed by atoms with van der Waals surface area (Å²) in [5, 5.41) is 2.83. The molecule has 0 saturated heterocycles. The molecule has 0 radical (unpaired) electrons. The first-order valence-electron chi connectivity index (χ1n) is 9.38. The SMILES string of the molecule is CCC(CC)NC(=O)COC(=O)c1ccc(OCc2ccccc2)c(OC)c1. The molecule has 2 rings (SSSR count). The quantitative estimate of drug-likeness (QED) is 0.631. The van der Waals surface area contributed by atoms with E-state index in [9.17, 15) is 9.59 Å². The summed E-state index contributed by atoms with van der Waals surface area (Å²) in [5.41, 5.74) is 1.32. The van der Waals surface area contributed by atoms with Crippen molar-refractivity contribution in [3.8, 4) is 11.5 Å². The van der Waals surface area contributed by atoms with Crippen LogP contribution in [0.5, 0.6) is 11.5 Å². The van der Waals surface area contributed by atoms with Gasteiger partial charge in [0.1, 0.15) is 6.61 Å². The molecule has 0 unspecified atom stereocenters. The third kappa shape index (κ3) is 6.30. The van der Waals surface area contributed by atoms with Gasteiger partial charge in [0, 0.05) is 6.04 Å². The molecular weight excluding hydrogens is 358 g/mol. The van der Waals surface area contributed by atoms with E-state index in [1.165, 1.54) is 7.11 Å². The predicted molar refractivity (Wildman–Crippen MR) is 107 cm³/mol. The molecule has 0 bridgehead atoms. The van der Waals surface area contributed by atoms with Gasteiger partial charge in [0.25, 0.3) is 5.91 Å². The maximum atomic E-state index is 12.2. The fourth-order valence-electron chi connectivity index (χ4n) is 2.63. The number of benzene rings is 2. The number of methoxy groups -OCH3 is 1. The van der Waals surface area contributed by atoms with Gasteiger partial charge in [-0.25, -0.2) is 4.79 Å². The molecule has 6 heteroatoms. The largest absolute Gasteiger partial charge is 0.493 e. The second kappa shape index (κ2) is 11.0. The fourth-order valence-corrected chi connectivity index (χ4v) is 2.63. The highest BCUT2D eigenvalue weighted by molar-refractivity contribution is 5.92. The molecule has 2 aromatic rings. The van der Waals surface area contributed by atoms with Crippen LogP contribution in [0.1, 0.15) is 42.6 Å². The van der Waals surface area contributed by atoms with E-state index in [0.717, 1.165) is 18.4 Å². The molecule has 0 spiro atoms. The van der Waals surface area contributed by atoms with Crippen LogP contribution in [0.3, 0.4) is 0 Å². The minimum Gasteiger partial charge on any atom is -0.493 e. The van der Waals surface area contributed by atoms with E-state index < -0.39 is 5.97 Å². The van der Waals surface area contributed by atoms with Gasteiger partial charge in [-0.2, -0.15) is 0 Å². The number of nitrogens with one attached hydrogen (secondary N) is 1. The number of carbonyl (C=O) groups excluding carboxylic acids is 2. The lowest BCUT2D eigenvalue weighted by atomic mass is 10.2. The third-order valence-corrected chi connectivity index (χ3v) is 4.32. The summed E-state index contributed by atoms with van der Waals surface area (Å²) in [7, 11) is 1.50. The van der Waals surface area contributed by atoms with E-state index in [0.29, 0.717) is 23.7 Å². The van der Waals surface area contributed by atoms with Crippen molar-refractivity contribution in [2.24, 2.45) is 0 Å². The average molecular weight is 385 g/mol. The van der Waals surface area contributed by atoms with Gasteiger partial charge in [0.2, 0.25) is 0 Å². The van der Waals surface area contributed by atoms with Crippen molar-refractivity contribution in [2.45, 2.75) is 39.3 Å². The summed E-state index contributed by atoms with van der Waals surface area (Å²) in [6, 6.07) is 14.6. The average Bonchev–Trinajstić information content (AvgIpc) is 2.74. The van der Waals surface area contributed by atoms with E-state index in [4.69, 9.17) is 14.2 Å². The molecule has 0 aliphatic carbocycles. The van der Waals surface area contributed by atoms with Crippen LogP contribution in [-0.4, -0.2) is 31.6 Å². The molecule has 0 aromatic heterocycles. The van der Waals surface area contributed by atoms with Crippen LogP contribution in [0.15, 0.2) is 48.5 Å². The molecule has 6 nitrogen and oxygen atoms in total. The zero-order chi connectivity index (χ0) is 20.4. The highest BCUT2D eigenvalue weighted by Gasteiger charge is 2.15. The van der Waals surface area contributed by atoms with E-state index in [2.05, 4.69) is 5.32 Å². The van der Waals surface area contributed by atoms with Crippen LogP contribution in [0.25, 0.3) is 0 Å². The molecule has 1 N–H and O–H groups in total. The van der Waals surface area contributed by atoms with E-state index >= 15 is 0 Å². The third-order valence-electron chi connectivity index (χ3n) is 4.32. The summed E-state index contributed by atoms with van der Waals surface area (Å²) in [6.07, 6.45) is 1.66. The van der Waals surface area contributed by atoms with Gasteiger partial charge in [0.15, 0.2) is 18.1 Å². The van der Waals surface area contributed by atoms with Crippen molar-refractivity contribution in [2.75, 3.05) is 13.7 Å².